The van der Waals surface area contributed by atoms with Gasteiger partial charge in [-0.3, -0.25) is 19.3 Å². The highest BCUT2D eigenvalue weighted by atomic mass is 35.5. The normalized spacial score (nSPS) is 21.7. The fourth-order valence-electron chi connectivity index (χ4n) is 12.2. The van der Waals surface area contributed by atoms with Gasteiger partial charge in [0.25, 0.3) is 0 Å². The predicted molar refractivity (Wildman–Crippen MR) is 296 cm³/mol. The summed E-state index contributed by atoms with van der Waals surface area (Å²) in [6.45, 7) is 16.4. The number of anilines is 2. The smallest absolute Gasteiger partial charge is 0.318 e. The number of carbonyl (C=O) groups is 3. The molecule has 6 atom stereocenters. The van der Waals surface area contributed by atoms with Crippen LogP contribution in [0.5, 0.6) is 6.01 Å². The van der Waals surface area contributed by atoms with Gasteiger partial charge in [0.15, 0.2) is 0 Å². The average molecular weight is 1040 g/mol. The highest BCUT2D eigenvalue weighted by Crippen LogP contribution is 2.38. The highest BCUT2D eigenvalue weighted by Gasteiger charge is 2.42. The number of nitrogens with zero attached hydrogens (tertiary/aromatic N) is 7. The molecule has 5 aliphatic rings. The average Bonchev–Trinajstić information content (AvgIpc) is 4.23. The minimum Gasteiger partial charge on any atom is -0.462 e. The maximum absolute atomic E-state index is 14.2. The standard InChI is InChI=1S/C58H75ClN10O4S/c1-37(39-21-23-41(24-22-39)52-38(2)60-36-74-52)61-55(71)49-19-13-30-69(49)56(72)53(58(3,4)5)64-50(70)20-8-6-7-9-28-66-29-12-16-44(66)35-73-57-63-47-34-67(48-18-11-15-40-14-10-17-46(59)51(40)48)31-27-45(47)54(65-57)68-32-42-25-26-43(33-68)62-42/h10-11,14-15,17-18,21-24,36-37,42-44,49,53,62H,6-9,12-13,16,19-20,25-35H2,1-5H3,(H,61,71)(H,64,70). The minimum atomic E-state index is -0.738. The summed E-state index contributed by atoms with van der Waals surface area (Å²) < 4.78 is 6.62. The van der Waals surface area contributed by atoms with Gasteiger partial charge in [-0.15, -0.1) is 11.3 Å². The molecule has 0 spiro atoms. The molecule has 4 fully saturated rings. The lowest BCUT2D eigenvalue weighted by atomic mass is 9.85. The summed E-state index contributed by atoms with van der Waals surface area (Å²) >= 11 is 8.43. The van der Waals surface area contributed by atoms with Crippen LogP contribution in [0.15, 0.2) is 66.2 Å². The molecule has 2 aromatic heterocycles. The second-order valence-corrected chi connectivity index (χ2v) is 23.8. The number of thiazole rings is 1. The topological polar surface area (TPSA) is 148 Å². The van der Waals surface area contributed by atoms with Crippen LogP contribution in [0.3, 0.4) is 0 Å². The molecule has 16 heteroatoms. The zero-order chi connectivity index (χ0) is 51.5. The van der Waals surface area contributed by atoms with Gasteiger partial charge in [0.2, 0.25) is 17.7 Å². The van der Waals surface area contributed by atoms with Gasteiger partial charge in [-0.25, -0.2) is 4.98 Å². The Morgan fingerprint density at radius 1 is 0.878 bits per heavy atom. The number of fused-ring (bicyclic) bond motifs is 4. The minimum absolute atomic E-state index is 0.122. The number of nitrogens with one attached hydrogen (secondary N) is 3. The maximum Gasteiger partial charge on any atom is 0.318 e. The number of hydrogen-bond donors (Lipinski definition) is 3. The Morgan fingerprint density at radius 3 is 2.39 bits per heavy atom. The number of benzene rings is 3. The van der Waals surface area contributed by atoms with Gasteiger partial charge in [0, 0.05) is 67.4 Å². The lowest BCUT2D eigenvalue weighted by molar-refractivity contribution is -0.144. The molecule has 0 saturated carbocycles. The first-order valence-electron chi connectivity index (χ1n) is 27.4. The molecule has 6 unspecified atom stereocenters. The van der Waals surface area contributed by atoms with Crippen molar-refractivity contribution >= 4 is 62.9 Å². The van der Waals surface area contributed by atoms with Crippen LogP contribution in [0, 0.1) is 12.3 Å². The Morgan fingerprint density at radius 2 is 1.64 bits per heavy atom. The van der Waals surface area contributed by atoms with Gasteiger partial charge in [-0.05, 0) is 119 Å². The third kappa shape index (κ3) is 11.7. The van der Waals surface area contributed by atoms with Gasteiger partial charge in [0.1, 0.15) is 24.5 Å². The summed E-state index contributed by atoms with van der Waals surface area (Å²) in [6.07, 6.45) is 10.9. The van der Waals surface area contributed by atoms with Crippen LogP contribution in [-0.2, 0) is 27.3 Å². The van der Waals surface area contributed by atoms with Crippen molar-refractivity contribution in [3.8, 4) is 16.5 Å². The summed E-state index contributed by atoms with van der Waals surface area (Å²) in [6, 6.07) is 20.9. The highest BCUT2D eigenvalue weighted by molar-refractivity contribution is 7.13. The molecule has 4 saturated heterocycles. The molecule has 394 valence electrons. The molecular weight excluding hydrogens is 968 g/mol. The second kappa shape index (κ2) is 22.9. The number of hydrogen-bond acceptors (Lipinski definition) is 12. The van der Waals surface area contributed by atoms with Gasteiger partial charge in [0.05, 0.1) is 39.4 Å². The van der Waals surface area contributed by atoms with Crippen LogP contribution < -0.4 is 30.5 Å². The lowest BCUT2D eigenvalue weighted by Gasteiger charge is -2.37. The fourth-order valence-corrected chi connectivity index (χ4v) is 13.3. The van der Waals surface area contributed by atoms with Crippen LogP contribution in [0.25, 0.3) is 21.2 Å². The number of unbranched alkanes of at least 4 members (excludes halogenated alkanes) is 3. The molecule has 3 aromatic carbocycles. The van der Waals surface area contributed by atoms with Crippen LogP contribution in [0.1, 0.15) is 127 Å². The zero-order valence-corrected chi connectivity index (χ0v) is 45.6. The largest absolute Gasteiger partial charge is 0.462 e. The van der Waals surface area contributed by atoms with Crippen LogP contribution in [0.2, 0.25) is 5.02 Å². The molecule has 3 N–H and O–H groups in total. The van der Waals surface area contributed by atoms with E-state index < -0.39 is 17.5 Å². The molecule has 14 nitrogen and oxygen atoms in total. The molecule has 10 rings (SSSR count). The Kier molecular flexibility index (Phi) is 16.1. The van der Waals surface area contributed by atoms with E-state index in [1.54, 1.807) is 16.2 Å². The van der Waals surface area contributed by atoms with E-state index in [4.69, 9.17) is 26.3 Å². The predicted octanol–water partition coefficient (Wildman–Crippen LogP) is 9.41. The summed E-state index contributed by atoms with van der Waals surface area (Å²) in [7, 11) is 0. The SMILES string of the molecule is Cc1ncsc1-c1ccc(C(C)NC(=O)C2CCCN2C(=O)C(NC(=O)CCCCCCN2CCCC2COc2nc3c(c(N4CC5CCC(C4)N5)n2)CCN(c2cccc4cccc(Cl)c24)C3)C(C)(C)C)cc1. The molecule has 5 aliphatic heterocycles. The molecule has 3 amide bonds. The van der Waals surface area contributed by atoms with Gasteiger partial charge >= 0.3 is 6.01 Å². The van der Waals surface area contributed by atoms with Gasteiger partial charge in [-0.1, -0.05) is 93.7 Å². The Hall–Kier alpha value is -5.35. The van der Waals surface area contributed by atoms with E-state index >= 15 is 0 Å². The van der Waals surface area contributed by atoms with E-state index in [-0.39, 0.29) is 23.8 Å². The Bertz CT molecular complexity index is 2780. The summed E-state index contributed by atoms with van der Waals surface area (Å²) in [5.41, 5.74) is 7.83. The summed E-state index contributed by atoms with van der Waals surface area (Å²) in [5, 5.41) is 13.0. The Balaban J connectivity index is 0.693. The van der Waals surface area contributed by atoms with E-state index in [1.807, 2.05) is 64.4 Å². The third-order valence-electron chi connectivity index (χ3n) is 16.2. The fraction of sp³-hybridized carbons (Fsp3) is 0.552. The maximum atomic E-state index is 14.2. The molecule has 0 radical (unpaired) electrons. The van der Waals surface area contributed by atoms with Crippen molar-refractivity contribution in [1.82, 2.24) is 40.7 Å². The summed E-state index contributed by atoms with van der Waals surface area (Å²) in [5.74, 6) is 0.569. The Labute approximate surface area is 446 Å². The molecule has 2 bridgehead atoms. The van der Waals surface area contributed by atoms with E-state index in [0.29, 0.717) is 56.7 Å². The van der Waals surface area contributed by atoms with Crippen LogP contribution in [-0.4, -0.2) is 119 Å². The van der Waals surface area contributed by atoms with Crippen molar-refractivity contribution < 1.29 is 19.1 Å². The molecule has 0 aliphatic carbocycles. The van der Waals surface area contributed by atoms with E-state index in [9.17, 15) is 14.4 Å². The monoisotopic (exact) mass is 1040 g/mol. The lowest BCUT2D eigenvalue weighted by Crippen LogP contribution is -2.57. The first-order chi connectivity index (χ1) is 35.8. The van der Waals surface area contributed by atoms with Gasteiger partial charge in [-0.2, -0.15) is 9.97 Å². The molecular formula is C58H75ClN10O4S. The van der Waals surface area contributed by atoms with E-state index in [2.05, 4.69) is 72.0 Å². The summed E-state index contributed by atoms with van der Waals surface area (Å²) in [4.78, 5) is 66.5. The zero-order valence-electron chi connectivity index (χ0n) is 44.0. The number of likely N-dealkylation sites (tertiary alicyclic amines) is 2. The van der Waals surface area contributed by atoms with Crippen LogP contribution >= 0.6 is 22.9 Å². The number of aryl methyl sites for hydroxylation is 1. The van der Waals surface area contributed by atoms with Crippen molar-refractivity contribution in [2.45, 2.75) is 154 Å². The van der Waals surface area contributed by atoms with Crippen molar-refractivity contribution in [1.29, 1.82) is 0 Å². The number of amides is 3. The molecule has 74 heavy (non-hydrogen) atoms. The molecule has 5 aromatic rings. The molecule has 7 heterocycles. The van der Waals surface area contributed by atoms with E-state index in [0.717, 1.165) is 139 Å². The van der Waals surface area contributed by atoms with Crippen LogP contribution in [0.4, 0.5) is 11.5 Å². The van der Waals surface area contributed by atoms with Crippen molar-refractivity contribution in [2.75, 3.05) is 55.7 Å². The number of piperazine rings is 1. The third-order valence-corrected chi connectivity index (χ3v) is 17.5. The van der Waals surface area contributed by atoms with Crippen molar-refractivity contribution in [3.05, 3.63) is 93.7 Å². The first kappa shape index (κ1) is 52.1. The first-order valence-corrected chi connectivity index (χ1v) is 28.6. The quantitative estimate of drug-likeness (QED) is 0.0722. The van der Waals surface area contributed by atoms with Crippen molar-refractivity contribution in [2.24, 2.45) is 5.41 Å². The number of aromatic nitrogens is 3. The van der Waals surface area contributed by atoms with E-state index in [1.165, 1.54) is 18.4 Å². The number of halogens is 1. The van der Waals surface area contributed by atoms with Crippen molar-refractivity contribution in [3.63, 3.8) is 0 Å². The number of rotatable bonds is 18. The number of carbonyl (C=O) groups excluding carboxylic acids is 3. The second-order valence-electron chi connectivity index (χ2n) is 22.6. The van der Waals surface area contributed by atoms with Gasteiger partial charge < -0.3 is 35.4 Å². The number of ether oxygens (including phenoxy) is 1.